The molecular weight excluding hydrogens is 270 g/mol. The van der Waals surface area contributed by atoms with Crippen LogP contribution in [0.4, 0.5) is 0 Å². The van der Waals surface area contributed by atoms with Crippen molar-refractivity contribution in [2.24, 2.45) is 0 Å². The van der Waals surface area contributed by atoms with Gasteiger partial charge >= 0.3 is 0 Å². The van der Waals surface area contributed by atoms with Gasteiger partial charge in [0.2, 0.25) is 0 Å². The van der Waals surface area contributed by atoms with Crippen LogP contribution in [0.1, 0.15) is 5.56 Å². The summed E-state index contributed by atoms with van der Waals surface area (Å²) in [5.41, 5.74) is 1.22. The van der Waals surface area contributed by atoms with Crippen LogP contribution in [0.2, 0.25) is 5.02 Å². The van der Waals surface area contributed by atoms with Gasteiger partial charge in [-0.1, -0.05) is 29.8 Å². The maximum atomic E-state index is 9.54. The zero-order chi connectivity index (χ0) is 13.9. The van der Waals surface area contributed by atoms with Crippen molar-refractivity contribution < 1.29 is 9.67 Å². The number of halogens is 1. The Balaban J connectivity index is 1.80. The van der Waals surface area contributed by atoms with E-state index in [1.165, 1.54) is 5.56 Å². The van der Waals surface area contributed by atoms with Crippen molar-refractivity contribution in [3.8, 4) is 5.75 Å². The summed E-state index contributed by atoms with van der Waals surface area (Å²) >= 11 is 5.99. The second-order valence-corrected chi connectivity index (χ2v) is 5.31. The summed E-state index contributed by atoms with van der Waals surface area (Å²) in [5, 5.41) is 12.5. The van der Waals surface area contributed by atoms with Gasteiger partial charge in [-0.25, -0.2) is 4.57 Å². The van der Waals surface area contributed by atoms with E-state index in [1.807, 2.05) is 24.3 Å². The maximum Gasteiger partial charge on any atom is 0.176 e. The van der Waals surface area contributed by atoms with Crippen molar-refractivity contribution in [3.63, 3.8) is 0 Å². The normalized spacial score (nSPS) is 10.8. The third kappa shape index (κ3) is 2.91. The second kappa shape index (κ2) is 5.51. The number of benzene rings is 2. The lowest BCUT2D eigenvalue weighted by molar-refractivity contribution is -0.695. The molecule has 3 rings (SSSR count). The van der Waals surface area contributed by atoms with Crippen molar-refractivity contribution in [1.82, 2.24) is 0 Å². The summed E-state index contributed by atoms with van der Waals surface area (Å²) in [6.45, 7) is 0.881. The van der Waals surface area contributed by atoms with E-state index >= 15 is 0 Å². The van der Waals surface area contributed by atoms with Crippen molar-refractivity contribution in [2.75, 3.05) is 0 Å². The minimum absolute atomic E-state index is 0.296. The highest BCUT2D eigenvalue weighted by Gasteiger charge is 2.05. The first kappa shape index (κ1) is 12.9. The lowest BCUT2D eigenvalue weighted by Crippen LogP contribution is -2.33. The van der Waals surface area contributed by atoms with Crippen LogP contribution in [-0.4, -0.2) is 5.11 Å². The van der Waals surface area contributed by atoms with Gasteiger partial charge in [-0.05, 0) is 35.2 Å². The van der Waals surface area contributed by atoms with Crippen LogP contribution in [-0.2, 0) is 13.0 Å². The van der Waals surface area contributed by atoms with Gasteiger partial charge in [0.25, 0.3) is 0 Å². The Morgan fingerprint density at radius 1 is 1.00 bits per heavy atom. The Morgan fingerprint density at radius 3 is 2.75 bits per heavy atom. The largest absolute Gasteiger partial charge is 0.508 e. The van der Waals surface area contributed by atoms with Gasteiger partial charge in [-0.15, -0.1) is 0 Å². The van der Waals surface area contributed by atoms with Crippen molar-refractivity contribution in [1.29, 1.82) is 0 Å². The third-order valence-electron chi connectivity index (χ3n) is 3.37. The molecule has 0 unspecified atom stereocenters. The first-order chi connectivity index (χ1) is 9.70. The van der Waals surface area contributed by atoms with Crippen LogP contribution in [0.25, 0.3) is 10.8 Å². The molecule has 0 aliphatic carbocycles. The molecule has 0 atom stereocenters. The molecule has 1 aromatic heterocycles. The molecule has 0 saturated carbocycles. The Labute approximate surface area is 122 Å². The second-order valence-electron chi connectivity index (χ2n) is 4.88. The topological polar surface area (TPSA) is 24.1 Å². The number of aryl methyl sites for hydroxylation is 2. The molecule has 0 bridgehead atoms. The van der Waals surface area contributed by atoms with Crippen LogP contribution in [0.3, 0.4) is 0 Å². The number of rotatable bonds is 3. The number of hydrogen-bond acceptors (Lipinski definition) is 1. The molecule has 0 fully saturated rings. The summed E-state index contributed by atoms with van der Waals surface area (Å²) < 4.78 is 2.13. The number of hydrogen-bond donors (Lipinski definition) is 1. The lowest BCUT2D eigenvalue weighted by Gasteiger charge is -2.01. The van der Waals surface area contributed by atoms with Gasteiger partial charge in [0.05, 0.1) is 0 Å². The number of phenols is 1. The standard InChI is InChI=1S/C17H14ClNO/c18-16-3-1-2-13(10-16)6-8-19-9-7-14-4-5-17(20)11-15(14)12-19/h1-5,7,9-12H,6,8H2/p+1. The van der Waals surface area contributed by atoms with E-state index in [1.54, 1.807) is 12.1 Å². The van der Waals surface area contributed by atoms with Crippen molar-refractivity contribution in [2.45, 2.75) is 13.0 Å². The first-order valence-electron chi connectivity index (χ1n) is 6.57. The van der Waals surface area contributed by atoms with E-state index in [4.69, 9.17) is 11.6 Å². The van der Waals surface area contributed by atoms with E-state index in [0.717, 1.165) is 28.8 Å². The van der Waals surface area contributed by atoms with Gasteiger partial charge in [0.15, 0.2) is 18.9 Å². The third-order valence-corrected chi connectivity index (χ3v) is 3.60. The maximum absolute atomic E-state index is 9.54. The molecule has 0 radical (unpaired) electrons. The van der Waals surface area contributed by atoms with E-state index in [0.29, 0.717) is 5.75 Å². The molecule has 0 amide bonds. The van der Waals surface area contributed by atoms with Crippen LogP contribution in [0.5, 0.6) is 5.75 Å². The molecule has 100 valence electrons. The summed E-state index contributed by atoms with van der Waals surface area (Å²) in [7, 11) is 0. The molecule has 1 N–H and O–H groups in total. The van der Waals surface area contributed by atoms with Crippen LogP contribution < -0.4 is 4.57 Å². The SMILES string of the molecule is Oc1ccc2cc[n+](CCc3cccc(Cl)c3)cc2c1. The Morgan fingerprint density at radius 2 is 1.90 bits per heavy atom. The minimum atomic E-state index is 0.296. The lowest BCUT2D eigenvalue weighted by atomic mass is 10.1. The molecule has 2 aromatic carbocycles. The van der Waals surface area contributed by atoms with Gasteiger partial charge < -0.3 is 5.11 Å². The molecule has 3 heteroatoms. The van der Waals surface area contributed by atoms with Gasteiger partial charge in [-0.3, -0.25) is 0 Å². The molecule has 20 heavy (non-hydrogen) atoms. The zero-order valence-electron chi connectivity index (χ0n) is 11.0. The number of pyridine rings is 1. The number of fused-ring (bicyclic) bond motifs is 1. The first-order valence-corrected chi connectivity index (χ1v) is 6.95. The summed E-state index contributed by atoms with van der Waals surface area (Å²) in [4.78, 5) is 0. The zero-order valence-corrected chi connectivity index (χ0v) is 11.7. The number of aromatic nitrogens is 1. The fraction of sp³-hybridized carbons (Fsp3) is 0.118. The molecule has 1 heterocycles. The monoisotopic (exact) mass is 284 g/mol. The Bertz CT molecular complexity index is 755. The molecule has 0 saturated heterocycles. The fourth-order valence-corrected chi connectivity index (χ4v) is 2.53. The highest BCUT2D eigenvalue weighted by Crippen LogP contribution is 2.17. The quantitative estimate of drug-likeness (QED) is 0.728. The fourth-order valence-electron chi connectivity index (χ4n) is 2.31. The molecule has 0 spiro atoms. The van der Waals surface area contributed by atoms with Gasteiger partial charge in [0, 0.05) is 22.9 Å². The Hall–Kier alpha value is -2.06. The highest BCUT2D eigenvalue weighted by atomic mass is 35.5. The van der Waals surface area contributed by atoms with Crippen molar-refractivity contribution >= 4 is 22.4 Å². The predicted octanol–water partition coefficient (Wildman–Crippen LogP) is 3.73. The van der Waals surface area contributed by atoms with Crippen molar-refractivity contribution in [3.05, 3.63) is 71.5 Å². The predicted molar refractivity (Wildman–Crippen MR) is 81.0 cm³/mol. The molecule has 0 aliphatic heterocycles. The minimum Gasteiger partial charge on any atom is -0.508 e. The number of nitrogens with zero attached hydrogens (tertiary/aromatic N) is 1. The summed E-state index contributed by atoms with van der Waals surface area (Å²) in [5.74, 6) is 0.296. The van der Waals surface area contributed by atoms with E-state index in [9.17, 15) is 5.11 Å². The highest BCUT2D eigenvalue weighted by molar-refractivity contribution is 6.30. The number of phenolic OH excluding ortho intramolecular Hbond substituents is 1. The van der Waals surface area contributed by atoms with Crippen LogP contribution in [0, 0.1) is 0 Å². The smallest absolute Gasteiger partial charge is 0.176 e. The Kier molecular flexibility index (Phi) is 3.57. The van der Waals surface area contributed by atoms with Gasteiger partial charge in [-0.2, -0.15) is 0 Å². The summed E-state index contributed by atoms with van der Waals surface area (Å²) in [6.07, 6.45) is 5.04. The van der Waals surface area contributed by atoms with Gasteiger partial charge in [0.1, 0.15) is 5.75 Å². The van der Waals surface area contributed by atoms with E-state index in [-0.39, 0.29) is 0 Å². The average Bonchev–Trinajstić information content (AvgIpc) is 2.45. The van der Waals surface area contributed by atoms with E-state index < -0.39 is 0 Å². The van der Waals surface area contributed by atoms with Crippen LogP contribution >= 0.6 is 11.6 Å². The average molecular weight is 285 g/mol. The molecule has 0 aliphatic rings. The molecule has 2 nitrogen and oxygen atoms in total. The van der Waals surface area contributed by atoms with E-state index in [2.05, 4.69) is 29.1 Å². The molecule has 3 aromatic rings. The van der Waals surface area contributed by atoms with Crippen LogP contribution in [0.15, 0.2) is 60.9 Å². The number of aromatic hydroxyl groups is 1. The summed E-state index contributed by atoms with van der Waals surface area (Å²) in [6, 6.07) is 15.4. The molecular formula is C17H15ClNO+.